The lowest BCUT2D eigenvalue weighted by atomic mass is 10.1. The highest BCUT2D eigenvalue weighted by molar-refractivity contribution is 6.35. The van der Waals surface area contributed by atoms with Gasteiger partial charge >= 0.3 is 6.01 Å². The van der Waals surface area contributed by atoms with E-state index in [1.807, 2.05) is 0 Å². The molecule has 82 valence electrons. The maximum absolute atomic E-state index is 5.91. The monoisotopic (exact) mass is 254 g/mol. The molecule has 0 spiro atoms. The number of aromatic nitrogens is 2. The van der Waals surface area contributed by atoms with Crippen LogP contribution >= 0.6 is 23.2 Å². The standard InChI is InChI=1S/C11H8Cl2N2O/c1-16-11-14-5-8(6-15-11)7-2-9(12)4-10(13)3-7/h2-6H,1H3. The summed E-state index contributed by atoms with van der Waals surface area (Å²) < 4.78 is 4.88. The molecule has 0 aliphatic heterocycles. The van der Waals surface area contributed by atoms with Crippen molar-refractivity contribution >= 4 is 23.2 Å². The molecule has 0 saturated heterocycles. The van der Waals surface area contributed by atoms with E-state index in [1.54, 1.807) is 30.6 Å². The van der Waals surface area contributed by atoms with E-state index in [-0.39, 0.29) is 0 Å². The fourth-order valence-corrected chi connectivity index (χ4v) is 1.82. The van der Waals surface area contributed by atoms with Crippen molar-refractivity contribution in [3.63, 3.8) is 0 Å². The van der Waals surface area contributed by atoms with E-state index in [0.717, 1.165) is 11.1 Å². The van der Waals surface area contributed by atoms with Crippen molar-refractivity contribution < 1.29 is 4.74 Å². The quantitative estimate of drug-likeness (QED) is 0.824. The second-order valence-corrected chi connectivity index (χ2v) is 3.99. The van der Waals surface area contributed by atoms with E-state index >= 15 is 0 Å². The van der Waals surface area contributed by atoms with Crippen LogP contribution in [0, 0.1) is 0 Å². The van der Waals surface area contributed by atoms with Crippen molar-refractivity contribution in [2.24, 2.45) is 0 Å². The number of methoxy groups -OCH3 is 1. The Morgan fingerprint density at radius 1 is 0.938 bits per heavy atom. The first kappa shape index (κ1) is 11.2. The zero-order chi connectivity index (χ0) is 11.5. The normalized spacial score (nSPS) is 10.2. The van der Waals surface area contributed by atoms with E-state index < -0.39 is 0 Å². The zero-order valence-electron chi connectivity index (χ0n) is 8.45. The van der Waals surface area contributed by atoms with E-state index in [4.69, 9.17) is 27.9 Å². The maximum Gasteiger partial charge on any atom is 0.316 e. The molecule has 0 saturated carbocycles. The third kappa shape index (κ3) is 2.43. The number of ether oxygens (including phenoxy) is 1. The minimum absolute atomic E-state index is 0.330. The van der Waals surface area contributed by atoms with Crippen LogP contribution in [0.15, 0.2) is 30.6 Å². The van der Waals surface area contributed by atoms with Gasteiger partial charge in [-0.15, -0.1) is 0 Å². The van der Waals surface area contributed by atoms with Gasteiger partial charge in [0, 0.05) is 28.0 Å². The summed E-state index contributed by atoms with van der Waals surface area (Å²) in [7, 11) is 1.52. The predicted molar refractivity (Wildman–Crippen MR) is 64.0 cm³/mol. The lowest BCUT2D eigenvalue weighted by molar-refractivity contribution is 0.380. The molecular formula is C11H8Cl2N2O. The Balaban J connectivity index is 2.42. The summed E-state index contributed by atoms with van der Waals surface area (Å²) in [5, 5.41) is 1.16. The molecule has 0 amide bonds. The molecule has 0 fully saturated rings. The van der Waals surface area contributed by atoms with Crippen molar-refractivity contribution in [3.8, 4) is 17.1 Å². The van der Waals surface area contributed by atoms with Crippen LogP contribution in [0.5, 0.6) is 6.01 Å². The highest BCUT2D eigenvalue weighted by Gasteiger charge is 2.03. The molecule has 16 heavy (non-hydrogen) atoms. The first-order chi connectivity index (χ1) is 7.69. The van der Waals surface area contributed by atoms with Gasteiger partial charge < -0.3 is 4.74 Å². The molecule has 0 aliphatic rings. The van der Waals surface area contributed by atoms with Gasteiger partial charge in [-0.25, -0.2) is 9.97 Å². The highest BCUT2D eigenvalue weighted by atomic mass is 35.5. The summed E-state index contributed by atoms with van der Waals surface area (Å²) in [6, 6.07) is 5.62. The van der Waals surface area contributed by atoms with Crippen LogP contribution in [-0.4, -0.2) is 17.1 Å². The molecule has 2 rings (SSSR count). The van der Waals surface area contributed by atoms with Crippen LogP contribution in [0.4, 0.5) is 0 Å². The largest absolute Gasteiger partial charge is 0.467 e. The van der Waals surface area contributed by atoms with Crippen molar-refractivity contribution in [2.45, 2.75) is 0 Å². The minimum Gasteiger partial charge on any atom is -0.467 e. The number of halogens is 2. The number of nitrogens with zero attached hydrogens (tertiary/aromatic N) is 2. The average molecular weight is 255 g/mol. The van der Waals surface area contributed by atoms with Crippen molar-refractivity contribution in [1.29, 1.82) is 0 Å². The predicted octanol–water partition coefficient (Wildman–Crippen LogP) is 3.46. The SMILES string of the molecule is COc1ncc(-c2cc(Cl)cc(Cl)c2)cn1. The third-order valence-corrected chi connectivity index (χ3v) is 2.44. The molecule has 3 nitrogen and oxygen atoms in total. The summed E-state index contributed by atoms with van der Waals surface area (Å²) >= 11 is 11.8. The second-order valence-electron chi connectivity index (χ2n) is 3.12. The Morgan fingerprint density at radius 3 is 2.00 bits per heavy atom. The minimum atomic E-state index is 0.330. The molecule has 1 aromatic carbocycles. The maximum atomic E-state index is 5.91. The fourth-order valence-electron chi connectivity index (χ4n) is 1.29. The van der Waals surface area contributed by atoms with E-state index in [2.05, 4.69) is 9.97 Å². The Bertz CT molecular complexity index is 480. The smallest absolute Gasteiger partial charge is 0.316 e. The lowest BCUT2D eigenvalue weighted by Crippen LogP contribution is -1.91. The molecule has 2 aromatic rings. The van der Waals surface area contributed by atoms with Gasteiger partial charge in [0.1, 0.15) is 0 Å². The van der Waals surface area contributed by atoms with Gasteiger partial charge in [-0.3, -0.25) is 0 Å². The Labute approximate surface area is 103 Å². The van der Waals surface area contributed by atoms with Crippen LogP contribution in [0.2, 0.25) is 10.0 Å². The highest BCUT2D eigenvalue weighted by Crippen LogP contribution is 2.26. The van der Waals surface area contributed by atoms with Crippen molar-refractivity contribution in [2.75, 3.05) is 7.11 Å². The van der Waals surface area contributed by atoms with Crippen LogP contribution in [0.25, 0.3) is 11.1 Å². The van der Waals surface area contributed by atoms with Crippen LogP contribution in [0.3, 0.4) is 0 Å². The summed E-state index contributed by atoms with van der Waals surface area (Å²) in [6.45, 7) is 0. The van der Waals surface area contributed by atoms with E-state index in [1.165, 1.54) is 7.11 Å². The summed E-state index contributed by atoms with van der Waals surface area (Å²) in [4.78, 5) is 8.03. The van der Waals surface area contributed by atoms with E-state index in [9.17, 15) is 0 Å². The van der Waals surface area contributed by atoms with Gasteiger partial charge in [-0.1, -0.05) is 23.2 Å². The van der Waals surface area contributed by atoms with E-state index in [0.29, 0.717) is 16.1 Å². The van der Waals surface area contributed by atoms with Crippen LogP contribution in [0.1, 0.15) is 0 Å². The molecule has 0 bridgehead atoms. The van der Waals surface area contributed by atoms with Gasteiger partial charge in [0.25, 0.3) is 0 Å². The van der Waals surface area contributed by atoms with Gasteiger partial charge in [-0.05, 0) is 23.8 Å². The Morgan fingerprint density at radius 2 is 1.50 bits per heavy atom. The van der Waals surface area contributed by atoms with Crippen molar-refractivity contribution in [3.05, 3.63) is 40.6 Å². The van der Waals surface area contributed by atoms with Gasteiger partial charge in [0.15, 0.2) is 0 Å². The molecule has 0 radical (unpaired) electrons. The summed E-state index contributed by atoms with van der Waals surface area (Å²) in [5.41, 5.74) is 1.71. The Kier molecular flexibility index (Phi) is 3.27. The molecule has 0 atom stereocenters. The fraction of sp³-hybridized carbons (Fsp3) is 0.0909. The molecule has 0 unspecified atom stereocenters. The summed E-state index contributed by atoms with van der Waals surface area (Å²) in [5.74, 6) is 0. The number of benzene rings is 1. The van der Waals surface area contributed by atoms with Gasteiger partial charge in [0.2, 0.25) is 0 Å². The second kappa shape index (κ2) is 4.68. The summed E-state index contributed by atoms with van der Waals surface area (Å²) in [6.07, 6.45) is 3.32. The van der Waals surface area contributed by atoms with Crippen LogP contribution < -0.4 is 4.74 Å². The lowest BCUT2D eigenvalue weighted by Gasteiger charge is -2.03. The number of hydrogen-bond donors (Lipinski definition) is 0. The first-order valence-corrected chi connectivity index (χ1v) is 5.27. The number of hydrogen-bond acceptors (Lipinski definition) is 3. The topological polar surface area (TPSA) is 35.0 Å². The van der Waals surface area contributed by atoms with Gasteiger partial charge in [0.05, 0.1) is 7.11 Å². The number of rotatable bonds is 2. The van der Waals surface area contributed by atoms with Crippen molar-refractivity contribution in [1.82, 2.24) is 9.97 Å². The molecule has 1 aromatic heterocycles. The molecule has 0 aliphatic carbocycles. The average Bonchev–Trinajstić information content (AvgIpc) is 2.28. The zero-order valence-corrected chi connectivity index (χ0v) is 9.96. The third-order valence-electron chi connectivity index (χ3n) is 2.01. The first-order valence-electron chi connectivity index (χ1n) is 4.51. The van der Waals surface area contributed by atoms with Crippen LogP contribution in [-0.2, 0) is 0 Å². The molecule has 5 heteroatoms. The molecule has 0 N–H and O–H groups in total. The van der Waals surface area contributed by atoms with Gasteiger partial charge in [-0.2, -0.15) is 0 Å². The Hall–Kier alpha value is -1.32. The molecular weight excluding hydrogens is 247 g/mol. The molecule has 1 heterocycles.